The molecule has 0 amide bonds. The minimum absolute atomic E-state index is 0.251. The third-order valence-electron chi connectivity index (χ3n) is 2.83. The number of hydrogen-bond donors (Lipinski definition) is 1. The Hall–Kier alpha value is -1.39. The summed E-state index contributed by atoms with van der Waals surface area (Å²) in [5.74, 6) is 2.89. The maximum absolute atomic E-state index is 5.36. The van der Waals surface area contributed by atoms with Crippen LogP contribution in [-0.2, 0) is 0 Å². The summed E-state index contributed by atoms with van der Waals surface area (Å²) in [5.41, 5.74) is 0. The monoisotopic (exact) mass is 277 g/mol. The summed E-state index contributed by atoms with van der Waals surface area (Å²) in [6.45, 7) is 3.04. The van der Waals surface area contributed by atoms with Crippen molar-refractivity contribution in [2.75, 3.05) is 19.4 Å². The van der Waals surface area contributed by atoms with Crippen LogP contribution in [0.2, 0.25) is 0 Å². The molecule has 0 aliphatic carbocycles. The third-order valence-corrected chi connectivity index (χ3v) is 3.83. The van der Waals surface area contributed by atoms with Gasteiger partial charge in [-0.1, -0.05) is 6.07 Å². The Morgan fingerprint density at radius 3 is 2.95 bits per heavy atom. The molecule has 3 nitrogen and oxygen atoms in total. The minimum Gasteiger partial charge on any atom is -0.497 e. The number of rotatable bonds is 7. The van der Waals surface area contributed by atoms with E-state index in [1.807, 2.05) is 36.0 Å². The van der Waals surface area contributed by atoms with Crippen molar-refractivity contribution in [1.82, 2.24) is 5.32 Å². The molecule has 1 unspecified atom stereocenters. The zero-order valence-electron chi connectivity index (χ0n) is 11.3. The molecule has 19 heavy (non-hydrogen) atoms. The van der Waals surface area contributed by atoms with E-state index in [0.717, 1.165) is 23.8 Å². The van der Waals surface area contributed by atoms with Crippen LogP contribution in [0, 0.1) is 0 Å². The number of benzene rings is 1. The lowest BCUT2D eigenvalue weighted by Crippen LogP contribution is -2.20. The maximum Gasteiger partial charge on any atom is 0.120 e. The van der Waals surface area contributed by atoms with Crippen LogP contribution in [0.5, 0.6) is 5.75 Å². The lowest BCUT2D eigenvalue weighted by Gasteiger charge is -2.11. The lowest BCUT2D eigenvalue weighted by atomic mass is 10.2. The quantitative estimate of drug-likeness (QED) is 0.617. The van der Waals surface area contributed by atoms with Crippen LogP contribution in [0.4, 0.5) is 0 Å². The summed E-state index contributed by atoms with van der Waals surface area (Å²) in [5, 5.41) is 3.44. The van der Waals surface area contributed by atoms with Crippen molar-refractivity contribution in [3.8, 4) is 5.75 Å². The summed E-state index contributed by atoms with van der Waals surface area (Å²) in [6, 6.07) is 12.3. The molecule has 1 atom stereocenters. The van der Waals surface area contributed by atoms with Gasteiger partial charge in [0.05, 0.1) is 19.4 Å². The summed E-state index contributed by atoms with van der Waals surface area (Å²) in [4.78, 5) is 1.23. The fraction of sp³-hybridized carbons (Fsp3) is 0.333. The summed E-state index contributed by atoms with van der Waals surface area (Å²) < 4.78 is 10.6. The SMILES string of the molecule is COc1cccc(SCCNC(C)c2ccco2)c1. The molecule has 2 rings (SSSR count). The number of furan rings is 1. The van der Waals surface area contributed by atoms with E-state index in [1.165, 1.54) is 4.90 Å². The van der Waals surface area contributed by atoms with Crippen LogP contribution in [0.3, 0.4) is 0 Å². The molecule has 0 fully saturated rings. The Morgan fingerprint density at radius 2 is 2.21 bits per heavy atom. The Kier molecular flexibility index (Phi) is 5.36. The number of ether oxygens (including phenoxy) is 1. The van der Waals surface area contributed by atoms with Crippen molar-refractivity contribution in [3.05, 3.63) is 48.4 Å². The maximum atomic E-state index is 5.36. The second-order valence-corrected chi connectivity index (χ2v) is 5.39. The van der Waals surface area contributed by atoms with E-state index >= 15 is 0 Å². The van der Waals surface area contributed by atoms with Crippen LogP contribution in [0.1, 0.15) is 18.7 Å². The second-order valence-electron chi connectivity index (χ2n) is 4.22. The van der Waals surface area contributed by atoms with Gasteiger partial charge >= 0.3 is 0 Å². The van der Waals surface area contributed by atoms with Crippen LogP contribution in [0.25, 0.3) is 0 Å². The first-order valence-electron chi connectivity index (χ1n) is 6.33. The zero-order valence-corrected chi connectivity index (χ0v) is 12.1. The Balaban J connectivity index is 1.71. The predicted octanol–water partition coefficient (Wildman–Crippen LogP) is 3.73. The van der Waals surface area contributed by atoms with Crippen molar-refractivity contribution >= 4 is 11.8 Å². The van der Waals surface area contributed by atoms with E-state index in [4.69, 9.17) is 9.15 Å². The van der Waals surface area contributed by atoms with Crippen LogP contribution >= 0.6 is 11.8 Å². The molecule has 102 valence electrons. The summed E-state index contributed by atoms with van der Waals surface area (Å²) in [6.07, 6.45) is 1.71. The molecule has 0 saturated heterocycles. The fourth-order valence-corrected chi connectivity index (χ4v) is 2.60. The minimum atomic E-state index is 0.251. The Bertz CT molecular complexity index is 485. The largest absolute Gasteiger partial charge is 0.497 e. The normalized spacial score (nSPS) is 12.3. The molecule has 0 aliphatic rings. The molecule has 0 spiro atoms. The summed E-state index contributed by atoms with van der Waals surface area (Å²) in [7, 11) is 1.69. The highest BCUT2D eigenvalue weighted by atomic mass is 32.2. The van der Waals surface area contributed by atoms with E-state index in [-0.39, 0.29) is 6.04 Å². The van der Waals surface area contributed by atoms with Gasteiger partial charge in [0.15, 0.2) is 0 Å². The Labute approximate surface area is 118 Å². The van der Waals surface area contributed by atoms with Gasteiger partial charge in [0, 0.05) is 17.2 Å². The number of hydrogen-bond acceptors (Lipinski definition) is 4. The van der Waals surface area contributed by atoms with Crippen LogP contribution in [0.15, 0.2) is 52.0 Å². The highest BCUT2D eigenvalue weighted by molar-refractivity contribution is 7.99. The van der Waals surface area contributed by atoms with Gasteiger partial charge in [0.2, 0.25) is 0 Å². The van der Waals surface area contributed by atoms with Gasteiger partial charge in [-0.2, -0.15) is 0 Å². The van der Waals surface area contributed by atoms with Crippen molar-refractivity contribution in [2.24, 2.45) is 0 Å². The molecule has 4 heteroatoms. The smallest absolute Gasteiger partial charge is 0.120 e. The van der Waals surface area contributed by atoms with Gasteiger partial charge in [0.1, 0.15) is 11.5 Å². The number of thioether (sulfide) groups is 1. The van der Waals surface area contributed by atoms with Crippen LogP contribution in [-0.4, -0.2) is 19.4 Å². The van der Waals surface area contributed by atoms with Crippen molar-refractivity contribution in [2.45, 2.75) is 17.9 Å². The molecule has 1 heterocycles. The van der Waals surface area contributed by atoms with E-state index in [1.54, 1.807) is 13.4 Å². The molecule has 0 aliphatic heterocycles. The molecule has 1 aromatic heterocycles. The third kappa shape index (κ3) is 4.33. The second kappa shape index (κ2) is 7.26. The van der Waals surface area contributed by atoms with Gasteiger partial charge in [-0.05, 0) is 37.3 Å². The van der Waals surface area contributed by atoms with Gasteiger partial charge in [0.25, 0.3) is 0 Å². The van der Waals surface area contributed by atoms with Gasteiger partial charge < -0.3 is 14.5 Å². The molecule has 2 aromatic rings. The highest BCUT2D eigenvalue weighted by Gasteiger charge is 2.06. The molecular formula is C15H19NO2S. The first-order chi connectivity index (χ1) is 9.29. The van der Waals surface area contributed by atoms with E-state index in [9.17, 15) is 0 Å². The summed E-state index contributed by atoms with van der Waals surface area (Å²) >= 11 is 1.82. The zero-order chi connectivity index (χ0) is 13.5. The Morgan fingerprint density at radius 1 is 1.32 bits per heavy atom. The molecule has 1 N–H and O–H groups in total. The van der Waals surface area contributed by atoms with E-state index in [0.29, 0.717) is 0 Å². The number of nitrogens with one attached hydrogen (secondary N) is 1. The van der Waals surface area contributed by atoms with Crippen LogP contribution < -0.4 is 10.1 Å². The first-order valence-corrected chi connectivity index (χ1v) is 7.32. The van der Waals surface area contributed by atoms with E-state index in [2.05, 4.69) is 24.4 Å². The highest BCUT2D eigenvalue weighted by Crippen LogP contribution is 2.22. The molecule has 0 bridgehead atoms. The van der Waals surface area contributed by atoms with Crippen molar-refractivity contribution in [3.63, 3.8) is 0 Å². The van der Waals surface area contributed by atoms with Crippen molar-refractivity contribution < 1.29 is 9.15 Å². The van der Waals surface area contributed by atoms with Crippen molar-refractivity contribution in [1.29, 1.82) is 0 Å². The first kappa shape index (κ1) is 14.0. The molecule has 0 radical (unpaired) electrons. The van der Waals surface area contributed by atoms with Gasteiger partial charge in [-0.3, -0.25) is 0 Å². The standard InChI is InChI=1S/C15H19NO2S/c1-12(15-7-4-9-18-15)16-8-10-19-14-6-3-5-13(11-14)17-2/h3-7,9,11-12,16H,8,10H2,1-2H3. The molecular weight excluding hydrogens is 258 g/mol. The fourth-order valence-electron chi connectivity index (χ4n) is 1.77. The van der Waals surface area contributed by atoms with Gasteiger partial charge in [-0.25, -0.2) is 0 Å². The van der Waals surface area contributed by atoms with E-state index < -0.39 is 0 Å². The average molecular weight is 277 g/mol. The predicted molar refractivity (Wildman–Crippen MR) is 78.8 cm³/mol. The van der Waals surface area contributed by atoms with Gasteiger partial charge in [-0.15, -0.1) is 11.8 Å². The topological polar surface area (TPSA) is 34.4 Å². The average Bonchev–Trinajstić information content (AvgIpc) is 2.98. The number of methoxy groups -OCH3 is 1. The molecule has 0 saturated carbocycles. The lowest BCUT2D eigenvalue weighted by molar-refractivity contribution is 0.413. The molecule has 1 aromatic carbocycles.